The molecule has 4 aromatic rings. The Balaban J connectivity index is 1.40. The predicted octanol–water partition coefficient (Wildman–Crippen LogP) is 4.54. The molecule has 0 bridgehead atoms. The van der Waals surface area contributed by atoms with E-state index in [1.54, 1.807) is 12.5 Å². The minimum absolute atomic E-state index is 0.592. The van der Waals surface area contributed by atoms with E-state index in [2.05, 4.69) is 37.6 Å². The first-order valence-electron chi connectivity index (χ1n) is 8.09. The van der Waals surface area contributed by atoms with Gasteiger partial charge in [-0.05, 0) is 35.4 Å². The third-order valence-electron chi connectivity index (χ3n) is 4.10. The Labute approximate surface area is 153 Å². The number of aliphatic imine (C=N–C) groups is 1. The molecule has 2 aromatic carbocycles. The average Bonchev–Trinajstić information content (AvgIpc) is 3.43. The molecule has 1 N–H and O–H groups in total. The van der Waals surface area contributed by atoms with Crippen molar-refractivity contribution in [2.24, 2.45) is 4.99 Å². The van der Waals surface area contributed by atoms with Crippen LogP contribution in [0.2, 0.25) is 0 Å². The maximum atomic E-state index is 5.36. The highest BCUT2D eigenvalue weighted by atomic mass is 32.1. The van der Waals surface area contributed by atoms with Crippen LogP contribution in [-0.2, 0) is 6.54 Å². The molecule has 0 amide bonds. The number of benzene rings is 2. The van der Waals surface area contributed by atoms with Crippen molar-refractivity contribution >= 4 is 28.4 Å². The van der Waals surface area contributed by atoms with E-state index in [1.807, 2.05) is 36.5 Å². The molecular formula is C19H13N5OS. The molecule has 0 saturated carbocycles. The summed E-state index contributed by atoms with van der Waals surface area (Å²) in [5.74, 6) is 0.592. The number of nitrogens with zero attached hydrogens (tertiary/aromatic N) is 4. The van der Waals surface area contributed by atoms with Crippen LogP contribution in [-0.4, -0.2) is 21.4 Å². The maximum absolute atomic E-state index is 5.36. The molecule has 0 aliphatic carbocycles. The van der Waals surface area contributed by atoms with Gasteiger partial charge >= 0.3 is 0 Å². The number of rotatable bonds is 4. The highest BCUT2D eigenvalue weighted by Gasteiger charge is 2.11. The number of hydrogen-bond donors (Lipinski definition) is 1. The van der Waals surface area contributed by atoms with Gasteiger partial charge in [-0.1, -0.05) is 29.5 Å². The van der Waals surface area contributed by atoms with Gasteiger partial charge in [0.05, 0.1) is 12.7 Å². The number of aromatic nitrogens is 3. The second-order valence-corrected chi connectivity index (χ2v) is 6.82. The van der Waals surface area contributed by atoms with Crippen LogP contribution in [0.5, 0.6) is 0 Å². The summed E-state index contributed by atoms with van der Waals surface area (Å²) in [6.45, 7) is 0.763. The number of oxazole rings is 1. The van der Waals surface area contributed by atoms with E-state index in [4.69, 9.17) is 4.42 Å². The van der Waals surface area contributed by atoms with Crippen LogP contribution in [0.3, 0.4) is 0 Å². The summed E-state index contributed by atoms with van der Waals surface area (Å²) in [7, 11) is 0. The molecule has 7 heteroatoms. The van der Waals surface area contributed by atoms with Crippen molar-refractivity contribution in [3.05, 3.63) is 66.1 Å². The molecular weight excluding hydrogens is 346 g/mol. The summed E-state index contributed by atoms with van der Waals surface area (Å²) >= 11 is 1.50. The van der Waals surface area contributed by atoms with Crippen LogP contribution >= 0.6 is 11.3 Å². The first-order valence-corrected chi connectivity index (χ1v) is 8.90. The number of nitrogens with one attached hydrogen (secondary N) is 1. The molecule has 3 heterocycles. The van der Waals surface area contributed by atoms with Crippen molar-refractivity contribution in [1.29, 1.82) is 0 Å². The predicted molar refractivity (Wildman–Crippen MR) is 102 cm³/mol. The lowest BCUT2D eigenvalue weighted by atomic mass is 10.1. The molecule has 26 heavy (non-hydrogen) atoms. The van der Waals surface area contributed by atoms with Crippen molar-refractivity contribution in [3.8, 4) is 22.0 Å². The number of hydrogen-bond acceptors (Lipinski definition) is 7. The molecule has 6 nitrogen and oxygen atoms in total. The van der Waals surface area contributed by atoms with E-state index < -0.39 is 0 Å². The average molecular weight is 359 g/mol. The molecule has 0 saturated heterocycles. The van der Waals surface area contributed by atoms with Crippen LogP contribution in [0.1, 0.15) is 11.1 Å². The third kappa shape index (κ3) is 2.78. The molecule has 0 atom stereocenters. The first-order chi connectivity index (χ1) is 12.8. The van der Waals surface area contributed by atoms with Gasteiger partial charge in [0.2, 0.25) is 11.0 Å². The SMILES string of the molecule is C1=NCc2ccc(Nc3nnc(-c4cccc(-c5ncco5)c4)s3)cc21. The van der Waals surface area contributed by atoms with E-state index in [-0.39, 0.29) is 0 Å². The van der Waals surface area contributed by atoms with E-state index in [9.17, 15) is 0 Å². The summed E-state index contributed by atoms with van der Waals surface area (Å²) in [4.78, 5) is 8.47. The zero-order valence-electron chi connectivity index (χ0n) is 13.6. The van der Waals surface area contributed by atoms with Gasteiger partial charge < -0.3 is 9.73 Å². The Hall–Kier alpha value is -3.32. The van der Waals surface area contributed by atoms with Gasteiger partial charge in [-0.25, -0.2) is 4.98 Å². The summed E-state index contributed by atoms with van der Waals surface area (Å²) in [6, 6.07) is 14.1. The van der Waals surface area contributed by atoms with Gasteiger partial charge in [0, 0.05) is 23.0 Å². The fourth-order valence-corrected chi connectivity index (χ4v) is 3.60. The van der Waals surface area contributed by atoms with Crippen molar-refractivity contribution in [3.63, 3.8) is 0 Å². The Bertz CT molecular complexity index is 1100. The van der Waals surface area contributed by atoms with Gasteiger partial charge in [0.15, 0.2) is 0 Å². The fourth-order valence-electron chi connectivity index (χ4n) is 2.84. The smallest absolute Gasteiger partial charge is 0.225 e. The quantitative estimate of drug-likeness (QED) is 0.579. The minimum Gasteiger partial charge on any atom is -0.445 e. The zero-order valence-corrected chi connectivity index (χ0v) is 14.4. The summed E-state index contributed by atoms with van der Waals surface area (Å²) in [5, 5.41) is 13.5. The van der Waals surface area contributed by atoms with Crippen LogP contribution < -0.4 is 5.32 Å². The van der Waals surface area contributed by atoms with Crippen molar-refractivity contribution in [2.45, 2.75) is 6.54 Å². The summed E-state index contributed by atoms with van der Waals surface area (Å²) in [5.41, 5.74) is 5.27. The lowest BCUT2D eigenvalue weighted by Gasteiger charge is -2.04. The van der Waals surface area contributed by atoms with Crippen LogP contribution in [0, 0.1) is 0 Å². The van der Waals surface area contributed by atoms with E-state index in [1.165, 1.54) is 16.9 Å². The van der Waals surface area contributed by atoms with Crippen molar-refractivity contribution < 1.29 is 4.42 Å². The highest BCUT2D eigenvalue weighted by molar-refractivity contribution is 7.18. The molecule has 126 valence electrons. The summed E-state index contributed by atoms with van der Waals surface area (Å²) < 4.78 is 5.36. The van der Waals surface area contributed by atoms with Gasteiger partial charge in [-0.3, -0.25) is 4.99 Å². The summed E-state index contributed by atoms with van der Waals surface area (Å²) in [6.07, 6.45) is 5.10. The minimum atomic E-state index is 0.592. The second kappa shape index (κ2) is 6.20. The van der Waals surface area contributed by atoms with Crippen LogP contribution in [0.25, 0.3) is 22.0 Å². The molecule has 0 radical (unpaired) electrons. The van der Waals surface area contributed by atoms with Gasteiger partial charge in [0.25, 0.3) is 0 Å². The van der Waals surface area contributed by atoms with Crippen LogP contribution in [0.4, 0.5) is 10.8 Å². The van der Waals surface area contributed by atoms with Gasteiger partial charge in [-0.15, -0.1) is 10.2 Å². The van der Waals surface area contributed by atoms with Crippen molar-refractivity contribution in [1.82, 2.24) is 15.2 Å². The molecule has 0 spiro atoms. The normalized spacial score (nSPS) is 12.3. The third-order valence-corrected chi connectivity index (χ3v) is 4.99. The molecule has 1 aliphatic rings. The first kappa shape index (κ1) is 15.0. The maximum Gasteiger partial charge on any atom is 0.225 e. The van der Waals surface area contributed by atoms with Gasteiger partial charge in [-0.2, -0.15) is 0 Å². The number of anilines is 2. The topological polar surface area (TPSA) is 76.2 Å². The Morgan fingerprint density at radius 1 is 1.04 bits per heavy atom. The lowest BCUT2D eigenvalue weighted by Crippen LogP contribution is -1.92. The Morgan fingerprint density at radius 3 is 2.92 bits per heavy atom. The monoisotopic (exact) mass is 359 g/mol. The Kier molecular flexibility index (Phi) is 3.57. The highest BCUT2D eigenvalue weighted by Crippen LogP contribution is 2.31. The molecule has 5 rings (SSSR count). The zero-order chi connectivity index (χ0) is 17.3. The number of fused-ring (bicyclic) bond motifs is 1. The lowest BCUT2D eigenvalue weighted by molar-refractivity contribution is 0.574. The second-order valence-electron chi connectivity index (χ2n) is 5.84. The van der Waals surface area contributed by atoms with E-state index >= 15 is 0 Å². The molecule has 0 unspecified atom stereocenters. The van der Waals surface area contributed by atoms with E-state index in [0.717, 1.165) is 39.1 Å². The largest absolute Gasteiger partial charge is 0.445 e. The standard InChI is InChI=1S/C19H13N5OS/c1-2-12(17-21-6-7-25-17)8-13(3-1)18-23-24-19(26-18)22-16-5-4-14-10-20-11-15(14)9-16/h1-9,11H,10H2,(H,22,24). The van der Waals surface area contributed by atoms with E-state index in [0.29, 0.717) is 5.89 Å². The van der Waals surface area contributed by atoms with Crippen LogP contribution in [0.15, 0.2) is 64.3 Å². The van der Waals surface area contributed by atoms with Crippen molar-refractivity contribution in [2.75, 3.05) is 5.32 Å². The molecule has 2 aromatic heterocycles. The Morgan fingerprint density at radius 2 is 2.00 bits per heavy atom. The van der Waals surface area contributed by atoms with Gasteiger partial charge in [0.1, 0.15) is 11.3 Å². The molecule has 0 fully saturated rings. The molecule has 1 aliphatic heterocycles. The fraction of sp³-hybridized carbons (Fsp3) is 0.0526.